The van der Waals surface area contributed by atoms with Gasteiger partial charge in [-0.3, -0.25) is 9.48 Å². The summed E-state index contributed by atoms with van der Waals surface area (Å²) in [5.74, 6) is 0.291. The summed E-state index contributed by atoms with van der Waals surface area (Å²) in [6.45, 7) is 0.187. The van der Waals surface area contributed by atoms with Gasteiger partial charge in [0.2, 0.25) is 5.91 Å². The first-order valence-electron chi connectivity index (χ1n) is 4.07. The second-order valence-corrected chi connectivity index (χ2v) is 3.18. The van der Waals surface area contributed by atoms with Crippen LogP contribution >= 0.6 is 0 Å². The Morgan fingerprint density at radius 2 is 2.50 bits per heavy atom. The Kier molecular flexibility index (Phi) is 1.60. The second-order valence-electron chi connectivity index (χ2n) is 3.18. The van der Waals surface area contributed by atoms with E-state index in [0.29, 0.717) is 5.92 Å². The zero-order valence-corrected chi connectivity index (χ0v) is 6.73. The van der Waals surface area contributed by atoms with Crippen LogP contribution in [0.3, 0.4) is 0 Å². The van der Waals surface area contributed by atoms with E-state index in [9.17, 15) is 4.79 Å². The van der Waals surface area contributed by atoms with Crippen molar-refractivity contribution in [2.45, 2.75) is 25.3 Å². The normalized spacial score (nSPS) is 16.3. The number of rotatable bonds is 3. The van der Waals surface area contributed by atoms with Crippen molar-refractivity contribution in [3.8, 4) is 0 Å². The number of primary amides is 1. The van der Waals surface area contributed by atoms with Crippen LogP contribution in [-0.2, 0) is 11.3 Å². The summed E-state index contributed by atoms with van der Waals surface area (Å²) in [4.78, 5) is 10.5. The average Bonchev–Trinajstić information content (AvgIpc) is 2.73. The molecule has 0 unspecified atom stereocenters. The SMILES string of the molecule is NC(=O)Cn1ccc(C2CC2)n1. The summed E-state index contributed by atoms with van der Waals surface area (Å²) in [7, 11) is 0. The van der Waals surface area contributed by atoms with Crippen LogP contribution in [0.25, 0.3) is 0 Å². The van der Waals surface area contributed by atoms with Gasteiger partial charge in [-0.25, -0.2) is 0 Å². The standard InChI is InChI=1S/C8H11N3O/c9-8(12)5-11-4-3-7(10-11)6-1-2-6/h3-4,6H,1-2,5H2,(H2,9,12). The molecule has 1 aromatic rings. The lowest BCUT2D eigenvalue weighted by molar-refractivity contribution is -0.118. The molecule has 4 heteroatoms. The van der Waals surface area contributed by atoms with Crippen LogP contribution in [0.4, 0.5) is 0 Å². The molecule has 0 aliphatic heterocycles. The summed E-state index contributed by atoms with van der Waals surface area (Å²) in [5.41, 5.74) is 6.12. The molecule has 12 heavy (non-hydrogen) atoms. The number of hydrogen-bond donors (Lipinski definition) is 1. The highest BCUT2D eigenvalue weighted by atomic mass is 16.1. The van der Waals surface area contributed by atoms with Crippen LogP contribution in [0.15, 0.2) is 12.3 Å². The largest absolute Gasteiger partial charge is 0.368 e. The Labute approximate surface area is 70.4 Å². The first kappa shape index (κ1) is 7.34. The number of aromatic nitrogens is 2. The van der Waals surface area contributed by atoms with Crippen molar-refractivity contribution >= 4 is 5.91 Å². The van der Waals surface area contributed by atoms with Crippen molar-refractivity contribution in [3.63, 3.8) is 0 Å². The monoisotopic (exact) mass is 165 g/mol. The quantitative estimate of drug-likeness (QED) is 0.697. The first-order chi connectivity index (χ1) is 5.75. The molecule has 0 spiro atoms. The van der Waals surface area contributed by atoms with Crippen molar-refractivity contribution in [1.82, 2.24) is 9.78 Å². The molecule has 1 aromatic heterocycles. The topological polar surface area (TPSA) is 60.9 Å². The van der Waals surface area contributed by atoms with Gasteiger partial charge >= 0.3 is 0 Å². The highest BCUT2D eigenvalue weighted by molar-refractivity contribution is 5.73. The van der Waals surface area contributed by atoms with Gasteiger partial charge in [0, 0.05) is 12.1 Å². The third-order valence-electron chi connectivity index (χ3n) is 1.97. The van der Waals surface area contributed by atoms with E-state index in [0.717, 1.165) is 5.69 Å². The van der Waals surface area contributed by atoms with Gasteiger partial charge in [-0.15, -0.1) is 0 Å². The van der Waals surface area contributed by atoms with Gasteiger partial charge < -0.3 is 5.73 Å². The lowest BCUT2D eigenvalue weighted by atomic mass is 10.3. The van der Waals surface area contributed by atoms with Gasteiger partial charge in [-0.05, 0) is 18.9 Å². The summed E-state index contributed by atoms with van der Waals surface area (Å²) < 4.78 is 1.59. The van der Waals surface area contributed by atoms with Crippen molar-refractivity contribution in [2.24, 2.45) is 5.73 Å². The molecule has 1 heterocycles. The number of hydrogen-bond acceptors (Lipinski definition) is 2. The van der Waals surface area contributed by atoms with Crippen LogP contribution in [0.5, 0.6) is 0 Å². The third-order valence-corrected chi connectivity index (χ3v) is 1.97. The Bertz CT molecular complexity index is 301. The van der Waals surface area contributed by atoms with Crippen molar-refractivity contribution in [2.75, 3.05) is 0 Å². The van der Waals surface area contributed by atoms with Crippen molar-refractivity contribution in [1.29, 1.82) is 0 Å². The fourth-order valence-electron chi connectivity index (χ4n) is 1.22. The maximum absolute atomic E-state index is 10.5. The fraction of sp³-hybridized carbons (Fsp3) is 0.500. The van der Waals surface area contributed by atoms with E-state index >= 15 is 0 Å². The van der Waals surface area contributed by atoms with Crippen LogP contribution in [-0.4, -0.2) is 15.7 Å². The van der Waals surface area contributed by atoms with Crippen LogP contribution in [0.2, 0.25) is 0 Å². The summed E-state index contributed by atoms with van der Waals surface area (Å²) in [5, 5.41) is 4.23. The van der Waals surface area contributed by atoms with Gasteiger partial charge in [0.05, 0.1) is 5.69 Å². The Morgan fingerprint density at radius 1 is 1.75 bits per heavy atom. The number of nitrogens with two attached hydrogens (primary N) is 1. The zero-order valence-electron chi connectivity index (χ0n) is 6.73. The molecule has 2 rings (SSSR count). The summed E-state index contributed by atoms with van der Waals surface area (Å²) >= 11 is 0. The van der Waals surface area contributed by atoms with Gasteiger partial charge in [0.1, 0.15) is 6.54 Å². The van der Waals surface area contributed by atoms with E-state index in [-0.39, 0.29) is 12.5 Å². The first-order valence-corrected chi connectivity index (χ1v) is 4.07. The molecule has 2 N–H and O–H groups in total. The second kappa shape index (κ2) is 2.62. The molecule has 0 atom stereocenters. The zero-order chi connectivity index (χ0) is 8.55. The molecule has 0 aromatic carbocycles. The maximum atomic E-state index is 10.5. The minimum Gasteiger partial charge on any atom is -0.368 e. The van der Waals surface area contributed by atoms with E-state index in [2.05, 4.69) is 5.10 Å². The molecular weight excluding hydrogens is 154 g/mol. The van der Waals surface area contributed by atoms with Crippen LogP contribution in [0, 0.1) is 0 Å². The molecular formula is C8H11N3O. The highest BCUT2D eigenvalue weighted by Crippen LogP contribution is 2.38. The maximum Gasteiger partial charge on any atom is 0.239 e. The predicted molar refractivity (Wildman–Crippen MR) is 43.4 cm³/mol. The van der Waals surface area contributed by atoms with Gasteiger partial charge in [-0.1, -0.05) is 0 Å². The van der Waals surface area contributed by atoms with Gasteiger partial charge in [-0.2, -0.15) is 5.10 Å². The number of carbonyl (C=O) groups excluding carboxylic acids is 1. The molecule has 1 aliphatic rings. The minimum absolute atomic E-state index is 0.187. The molecule has 1 fully saturated rings. The Balaban J connectivity index is 2.07. The number of amides is 1. The predicted octanol–water partition coefficient (Wildman–Crippen LogP) is 0.246. The third kappa shape index (κ3) is 1.47. The van der Waals surface area contributed by atoms with E-state index < -0.39 is 0 Å². The van der Waals surface area contributed by atoms with Crippen molar-refractivity contribution in [3.05, 3.63) is 18.0 Å². The van der Waals surface area contributed by atoms with Gasteiger partial charge in [0.25, 0.3) is 0 Å². The lowest BCUT2D eigenvalue weighted by Gasteiger charge is -1.94. The molecule has 1 amide bonds. The van der Waals surface area contributed by atoms with E-state index in [4.69, 9.17) is 5.73 Å². The number of carbonyl (C=O) groups is 1. The highest BCUT2D eigenvalue weighted by Gasteiger charge is 2.25. The molecule has 0 radical (unpaired) electrons. The minimum atomic E-state index is -0.347. The fourth-order valence-corrected chi connectivity index (χ4v) is 1.22. The average molecular weight is 165 g/mol. The van der Waals surface area contributed by atoms with Gasteiger partial charge in [0.15, 0.2) is 0 Å². The Morgan fingerprint density at radius 3 is 3.08 bits per heavy atom. The van der Waals surface area contributed by atoms with E-state index in [1.54, 1.807) is 10.9 Å². The van der Waals surface area contributed by atoms with Crippen molar-refractivity contribution < 1.29 is 4.79 Å². The van der Waals surface area contributed by atoms with Crippen LogP contribution in [0.1, 0.15) is 24.5 Å². The molecule has 0 saturated heterocycles. The summed E-state index contributed by atoms with van der Waals surface area (Å²) in [6, 6.07) is 1.96. The summed E-state index contributed by atoms with van der Waals surface area (Å²) in [6.07, 6.45) is 4.26. The molecule has 1 saturated carbocycles. The molecule has 1 aliphatic carbocycles. The molecule has 64 valence electrons. The number of nitrogens with zero attached hydrogens (tertiary/aromatic N) is 2. The molecule has 4 nitrogen and oxygen atoms in total. The molecule has 0 bridgehead atoms. The van der Waals surface area contributed by atoms with E-state index in [1.807, 2.05) is 6.07 Å². The smallest absolute Gasteiger partial charge is 0.239 e. The lowest BCUT2D eigenvalue weighted by Crippen LogP contribution is -2.18. The van der Waals surface area contributed by atoms with Crippen LogP contribution < -0.4 is 5.73 Å². The van der Waals surface area contributed by atoms with E-state index in [1.165, 1.54) is 12.8 Å². The Hall–Kier alpha value is -1.32.